The van der Waals surface area contributed by atoms with E-state index in [2.05, 4.69) is 4.90 Å². The van der Waals surface area contributed by atoms with E-state index in [9.17, 15) is 8.42 Å². The smallest absolute Gasteiger partial charge is 0.211 e. The fraction of sp³-hybridized carbons (Fsp3) is 0.538. The van der Waals surface area contributed by atoms with Crippen LogP contribution in [0.4, 0.5) is 0 Å². The van der Waals surface area contributed by atoms with Gasteiger partial charge >= 0.3 is 0 Å². The Labute approximate surface area is 114 Å². The topological polar surface area (TPSA) is 49.9 Å². The van der Waals surface area contributed by atoms with Crippen LogP contribution in [0.2, 0.25) is 0 Å². The van der Waals surface area contributed by atoms with Crippen LogP contribution in [0.1, 0.15) is 5.56 Å². The van der Waals surface area contributed by atoms with Crippen molar-refractivity contribution in [3.8, 4) is 5.75 Å². The minimum absolute atomic E-state index is 0.563. The molecule has 1 saturated heterocycles. The molecule has 1 fully saturated rings. The summed E-state index contributed by atoms with van der Waals surface area (Å²) in [6.45, 7) is 3.43. The number of piperazine rings is 1. The summed E-state index contributed by atoms with van der Waals surface area (Å²) in [5.41, 5.74) is 1.14. The summed E-state index contributed by atoms with van der Waals surface area (Å²) in [5, 5.41) is 0. The Morgan fingerprint density at radius 2 is 1.79 bits per heavy atom. The van der Waals surface area contributed by atoms with E-state index in [1.165, 1.54) is 10.6 Å². The Kier molecular flexibility index (Phi) is 4.44. The molecule has 1 aromatic carbocycles. The normalized spacial score (nSPS) is 18.4. The highest BCUT2D eigenvalue weighted by atomic mass is 32.2. The molecule has 0 amide bonds. The number of methoxy groups -OCH3 is 1. The molecule has 1 aromatic rings. The maximum absolute atomic E-state index is 11.4. The molecule has 1 aliphatic rings. The molecule has 19 heavy (non-hydrogen) atoms. The molecule has 0 N–H and O–H groups in total. The first-order valence-corrected chi connectivity index (χ1v) is 8.15. The number of para-hydroxylation sites is 1. The van der Waals surface area contributed by atoms with Gasteiger partial charge in [-0.05, 0) is 6.07 Å². The van der Waals surface area contributed by atoms with Gasteiger partial charge in [-0.1, -0.05) is 18.2 Å². The van der Waals surface area contributed by atoms with E-state index < -0.39 is 10.0 Å². The first-order valence-electron chi connectivity index (χ1n) is 6.30. The average Bonchev–Trinajstić information content (AvgIpc) is 2.39. The van der Waals surface area contributed by atoms with E-state index in [1.54, 1.807) is 7.11 Å². The van der Waals surface area contributed by atoms with E-state index in [4.69, 9.17) is 4.74 Å². The van der Waals surface area contributed by atoms with Gasteiger partial charge in [-0.3, -0.25) is 4.90 Å². The Morgan fingerprint density at radius 1 is 1.16 bits per heavy atom. The Morgan fingerprint density at radius 3 is 2.37 bits per heavy atom. The van der Waals surface area contributed by atoms with Gasteiger partial charge in [0.15, 0.2) is 0 Å². The summed E-state index contributed by atoms with van der Waals surface area (Å²) in [4.78, 5) is 2.25. The number of ether oxygens (including phenoxy) is 1. The lowest BCUT2D eigenvalue weighted by Crippen LogP contribution is -2.47. The fourth-order valence-corrected chi connectivity index (χ4v) is 3.12. The molecule has 1 heterocycles. The number of sulfonamides is 1. The Balaban J connectivity index is 1.96. The van der Waals surface area contributed by atoms with Crippen LogP contribution in [0.5, 0.6) is 5.75 Å². The van der Waals surface area contributed by atoms with Crippen LogP contribution in [0.25, 0.3) is 0 Å². The van der Waals surface area contributed by atoms with Crippen molar-refractivity contribution in [2.75, 3.05) is 39.5 Å². The number of benzene rings is 1. The molecule has 0 radical (unpaired) electrons. The van der Waals surface area contributed by atoms with Crippen LogP contribution in [-0.2, 0) is 16.6 Å². The molecule has 0 aliphatic carbocycles. The highest BCUT2D eigenvalue weighted by Gasteiger charge is 2.23. The van der Waals surface area contributed by atoms with Crippen LogP contribution in [0.3, 0.4) is 0 Å². The fourth-order valence-electron chi connectivity index (χ4n) is 2.29. The van der Waals surface area contributed by atoms with Gasteiger partial charge in [0.05, 0.1) is 13.4 Å². The molecule has 0 saturated carbocycles. The minimum atomic E-state index is -3.05. The van der Waals surface area contributed by atoms with Crippen molar-refractivity contribution in [2.24, 2.45) is 0 Å². The van der Waals surface area contributed by atoms with Gasteiger partial charge in [-0.25, -0.2) is 8.42 Å². The second-order valence-electron chi connectivity index (χ2n) is 4.75. The molecule has 6 heteroatoms. The van der Waals surface area contributed by atoms with Crippen molar-refractivity contribution in [3.63, 3.8) is 0 Å². The molecule has 5 nitrogen and oxygen atoms in total. The van der Waals surface area contributed by atoms with E-state index in [1.807, 2.05) is 24.3 Å². The third kappa shape index (κ3) is 3.68. The monoisotopic (exact) mass is 284 g/mol. The SMILES string of the molecule is COc1ccccc1CN1CCN(S(C)(=O)=O)CC1. The summed E-state index contributed by atoms with van der Waals surface area (Å²) >= 11 is 0. The second kappa shape index (κ2) is 5.90. The van der Waals surface area contributed by atoms with Crippen LogP contribution < -0.4 is 4.74 Å². The number of hydrogen-bond donors (Lipinski definition) is 0. The summed E-state index contributed by atoms with van der Waals surface area (Å²) < 4.78 is 29.7. The summed E-state index contributed by atoms with van der Waals surface area (Å²) in [6, 6.07) is 7.93. The number of nitrogens with zero attached hydrogens (tertiary/aromatic N) is 2. The second-order valence-corrected chi connectivity index (χ2v) is 6.73. The van der Waals surface area contributed by atoms with Crippen LogP contribution in [0, 0.1) is 0 Å². The lowest BCUT2D eigenvalue weighted by atomic mass is 10.2. The number of hydrogen-bond acceptors (Lipinski definition) is 4. The lowest BCUT2D eigenvalue weighted by molar-refractivity contribution is 0.180. The highest BCUT2D eigenvalue weighted by Crippen LogP contribution is 2.20. The van der Waals surface area contributed by atoms with Crippen LogP contribution in [0.15, 0.2) is 24.3 Å². The predicted molar refractivity (Wildman–Crippen MR) is 74.7 cm³/mol. The van der Waals surface area contributed by atoms with E-state index in [-0.39, 0.29) is 0 Å². The molecule has 2 rings (SSSR count). The van der Waals surface area contributed by atoms with Crippen molar-refractivity contribution in [2.45, 2.75) is 6.54 Å². The van der Waals surface area contributed by atoms with Gasteiger partial charge in [0.25, 0.3) is 0 Å². The Hall–Kier alpha value is -1.11. The molecular formula is C13H20N2O3S. The molecule has 106 valence electrons. The van der Waals surface area contributed by atoms with Crippen LogP contribution in [-0.4, -0.2) is 57.2 Å². The van der Waals surface area contributed by atoms with Crippen molar-refractivity contribution in [3.05, 3.63) is 29.8 Å². The van der Waals surface area contributed by atoms with Crippen molar-refractivity contribution in [1.29, 1.82) is 0 Å². The molecule has 0 bridgehead atoms. The van der Waals surface area contributed by atoms with E-state index >= 15 is 0 Å². The molecule has 0 spiro atoms. The molecule has 1 aliphatic heterocycles. The molecule has 0 unspecified atom stereocenters. The predicted octanol–water partition coefficient (Wildman–Crippen LogP) is 0.772. The molecule has 0 aromatic heterocycles. The lowest BCUT2D eigenvalue weighted by Gasteiger charge is -2.33. The zero-order valence-electron chi connectivity index (χ0n) is 11.4. The van der Waals surface area contributed by atoms with Crippen LogP contribution >= 0.6 is 0 Å². The minimum Gasteiger partial charge on any atom is -0.496 e. The maximum atomic E-state index is 11.4. The molecular weight excluding hydrogens is 264 g/mol. The average molecular weight is 284 g/mol. The van der Waals surface area contributed by atoms with Gasteiger partial charge in [0.1, 0.15) is 5.75 Å². The largest absolute Gasteiger partial charge is 0.496 e. The van der Waals surface area contributed by atoms with Crippen molar-refractivity contribution in [1.82, 2.24) is 9.21 Å². The summed E-state index contributed by atoms with van der Waals surface area (Å²) in [7, 11) is -1.39. The van der Waals surface area contributed by atoms with Gasteiger partial charge in [0, 0.05) is 38.3 Å². The summed E-state index contributed by atoms with van der Waals surface area (Å²) in [5.74, 6) is 0.882. The van der Waals surface area contributed by atoms with Gasteiger partial charge in [-0.15, -0.1) is 0 Å². The zero-order chi connectivity index (χ0) is 13.9. The first kappa shape index (κ1) is 14.3. The van der Waals surface area contributed by atoms with Gasteiger partial charge in [0.2, 0.25) is 10.0 Å². The standard InChI is InChI=1S/C13H20N2O3S/c1-18-13-6-4-3-5-12(13)11-14-7-9-15(10-8-14)19(2,16)17/h3-6H,7-11H2,1-2H3. The Bertz CT molecular complexity index is 522. The third-order valence-corrected chi connectivity index (χ3v) is 4.69. The quantitative estimate of drug-likeness (QED) is 0.819. The zero-order valence-corrected chi connectivity index (χ0v) is 12.2. The third-order valence-electron chi connectivity index (χ3n) is 3.39. The summed E-state index contributed by atoms with van der Waals surface area (Å²) in [6.07, 6.45) is 1.27. The number of rotatable bonds is 4. The van der Waals surface area contributed by atoms with Gasteiger partial charge < -0.3 is 4.74 Å². The highest BCUT2D eigenvalue weighted by molar-refractivity contribution is 7.88. The maximum Gasteiger partial charge on any atom is 0.211 e. The van der Waals surface area contributed by atoms with Gasteiger partial charge in [-0.2, -0.15) is 4.31 Å². The van der Waals surface area contributed by atoms with Crippen molar-refractivity contribution >= 4 is 10.0 Å². The van der Waals surface area contributed by atoms with E-state index in [0.717, 1.165) is 30.9 Å². The van der Waals surface area contributed by atoms with Crippen molar-refractivity contribution < 1.29 is 13.2 Å². The first-order chi connectivity index (χ1) is 9.00. The molecule has 0 atom stereocenters. The van der Waals surface area contributed by atoms with E-state index in [0.29, 0.717) is 13.1 Å².